The average Bonchev–Trinajstić information content (AvgIpc) is 3.70. The zero-order chi connectivity index (χ0) is 42.3. The van der Waals surface area contributed by atoms with E-state index in [0.717, 1.165) is 16.7 Å². The molecule has 10 aromatic carbocycles. The monoisotopic (exact) mass is 798 g/mol. The van der Waals surface area contributed by atoms with Crippen LogP contribution in [0, 0.1) is 0 Å². The number of rotatable bonds is 4. The van der Waals surface area contributed by atoms with Gasteiger partial charge in [-0.2, -0.15) is 0 Å². The number of fused-ring (bicyclic) bond motifs is 6. The highest BCUT2D eigenvalue weighted by Crippen LogP contribution is 2.58. The molecule has 62 heavy (non-hydrogen) atoms. The standard InChI is InChI=1S/C60H46O2/c1-58(2,3)43-30-39-11-10-35-12-25-46(51-29-16-40(31-43)56(39)57(35)51)38-15-28-49-48-26-13-36(32-53(48)59(4,5)54(49)34-38)37-14-27-50-47-8-6-7-9-52(47)60(55(50)33-37,41-17-21-44(61)22-18-41)42-19-23-45(62)24-20-42/h6-34,61-62H,1-5H3. The summed E-state index contributed by atoms with van der Waals surface area (Å²) in [6.45, 7) is 11.6. The fraction of sp³-hybridized carbons (Fsp3) is 0.133. The maximum Gasteiger partial charge on any atom is 0.115 e. The van der Waals surface area contributed by atoms with Gasteiger partial charge in [0.25, 0.3) is 0 Å². The van der Waals surface area contributed by atoms with Crippen molar-refractivity contribution in [2.45, 2.75) is 50.9 Å². The van der Waals surface area contributed by atoms with Gasteiger partial charge in [-0.15, -0.1) is 0 Å². The first-order valence-corrected chi connectivity index (χ1v) is 21.8. The molecule has 298 valence electrons. The third-order valence-electron chi connectivity index (χ3n) is 14.4. The number of aromatic hydroxyl groups is 2. The van der Waals surface area contributed by atoms with Gasteiger partial charge in [0, 0.05) is 5.41 Å². The zero-order valence-electron chi connectivity index (χ0n) is 35.6. The second-order valence-electron chi connectivity index (χ2n) is 19.2. The number of hydrogen-bond donors (Lipinski definition) is 2. The van der Waals surface area contributed by atoms with Crippen LogP contribution < -0.4 is 0 Å². The highest BCUT2D eigenvalue weighted by molar-refractivity contribution is 6.25. The molecule has 2 heteroatoms. The molecule has 0 saturated carbocycles. The number of hydrogen-bond acceptors (Lipinski definition) is 2. The lowest BCUT2D eigenvalue weighted by atomic mass is 9.67. The lowest BCUT2D eigenvalue weighted by molar-refractivity contribution is 0.474. The topological polar surface area (TPSA) is 40.5 Å². The van der Waals surface area contributed by atoms with Crippen LogP contribution in [0.4, 0.5) is 0 Å². The summed E-state index contributed by atoms with van der Waals surface area (Å²) in [5, 5.41) is 28.8. The van der Waals surface area contributed by atoms with Gasteiger partial charge in [-0.25, -0.2) is 0 Å². The van der Waals surface area contributed by atoms with Crippen molar-refractivity contribution in [2.75, 3.05) is 0 Å². The maximum atomic E-state index is 10.4. The molecule has 10 aromatic rings. The van der Waals surface area contributed by atoms with Crippen molar-refractivity contribution in [1.82, 2.24) is 0 Å². The van der Waals surface area contributed by atoms with Crippen molar-refractivity contribution in [3.63, 3.8) is 0 Å². The van der Waals surface area contributed by atoms with Crippen molar-refractivity contribution in [3.05, 3.63) is 215 Å². The minimum absolute atomic E-state index is 0.0775. The summed E-state index contributed by atoms with van der Waals surface area (Å²) >= 11 is 0. The first kappa shape index (κ1) is 36.7. The summed E-state index contributed by atoms with van der Waals surface area (Å²) in [5.41, 5.74) is 17.5. The van der Waals surface area contributed by atoms with Crippen molar-refractivity contribution in [1.29, 1.82) is 0 Å². The maximum absolute atomic E-state index is 10.4. The molecule has 0 heterocycles. The predicted molar refractivity (Wildman–Crippen MR) is 258 cm³/mol. The molecule has 0 amide bonds. The second-order valence-corrected chi connectivity index (χ2v) is 19.2. The highest BCUT2D eigenvalue weighted by Gasteiger charge is 2.46. The lowest BCUT2D eigenvalue weighted by Gasteiger charge is -2.34. The summed E-state index contributed by atoms with van der Waals surface area (Å²) in [4.78, 5) is 0. The van der Waals surface area contributed by atoms with Gasteiger partial charge in [0.05, 0.1) is 5.41 Å². The molecule has 0 spiro atoms. The minimum Gasteiger partial charge on any atom is -0.508 e. The Hall–Kier alpha value is -7.16. The molecule has 0 bridgehead atoms. The fourth-order valence-corrected chi connectivity index (χ4v) is 11.3. The molecule has 0 radical (unpaired) electrons. The Morgan fingerprint density at radius 1 is 0.387 bits per heavy atom. The van der Waals surface area contributed by atoms with Gasteiger partial charge in [-0.1, -0.05) is 168 Å². The SMILES string of the molecule is CC(C)(C)c1cc2ccc3ccc(-c4ccc5c(c4)C(C)(C)c4cc(-c6ccc7c(c6)C(c6ccc(O)cc6)(c6ccc(O)cc6)c6ccccc6-7)ccc4-5)c4ccc(c1)c2c34. The molecule has 0 unspecified atom stereocenters. The first-order valence-electron chi connectivity index (χ1n) is 21.8. The molecule has 12 rings (SSSR count). The van der Waals surface area contributed by atoms with E-state index in [9.17, 15) is 10.2 Å². The van der Waals surface area contributed by atoms with Crippen LogP contribution in [0.3, 0.4) is 0 Å². The van der Waals surface area contributed by atoms with Gasteiger partial charge in [-0.05, 0) is 164 Å². The fourth-order valence-electron chi connectivity index (χ4n) is 11.3. The molecule has 0 saturated heterocycles. The average molecular weight is 799 g/mol. The van der Waals surface area contributed by atoms with Crippen molar-refractivity contribution in [3.8, 4) is 56.0 Å². The van der Waals surface area contributed by atoms with Crippen LogP contribution in [0.2, 0.25) is 0 Å². The van der Waals surface area contributed by atoms with Crippen LogP contribution in [0.25, 0.3) is 76.8 Å². The van der Waals surface area contributed by atoms with E-state index >= 15 is 0 Å². The van der Waals surface area contributed by atoms with Crippen LogP contribution in [-0.2, 0) is 16.2 Å². The predicted octanol–water partition coefficient (Wildman–Crippen LogP) is 15.3. The molecule has 2 N–H and O–H groups in total. The van der Waals surface area contributed by atoms with E-state index < -0.39 is 5.41 Å². The van der Waals surface area contributed by atoms with Crippen LogP contribution in [0.1, 0.15) is 73.6 Å². The second kappa shape index (κ2) is 12.7. The third-order valence-corrected chi connectivity index (χ3v) is 14.4. The van der Waals surface area contributed by atoms with Gasteiger partial charge in [0.2, 0.25) is 0 Å². The largest absolute Gasteiger partial charge is 0.508 e. The summed E-state index contributed by atoms with van der Waals surface area (Å²) in [7, 11) is 0. The quantitative estimate of drug-likeness (QED) is 0.174. The smallest absolute Gasteiger partial charge is 0.115 e. The molecule has 2 aliphatic rings. The third kappa shape index (κ3) is 5.04. The van der Waals surface area contributed by atoms with Gasteiger partial charge in [0.1, 0.15) is 11.5 Å². The van der Waals surface area contributed by atoms with Crippen LogP contribution >= 0.6 is 0 Å². The Kier molecular flexibility index (Phi) is 7.51. The highest BCUT2D eigenvalue weighted by atomic mass is 16.3. The van der Waals surface area contributed by atoms with E-state index in [1.807, 2.05) is 24.3 Å². The summed E-state index contributed by atoms with van der Waals surface area (Å²) in [5.74, 6) is 0.462. The summed E-state index contributed by atoms with van der Waals surface area (Å²) in [6.07, 6.45) is 0. The number of phenolic OH excluding ortho intramolecular Hbond substituents is 2. The van der Waals surface area contributed by atoms with Gasteiger partial charge in [0.15, 0.2) is 0 Å². The van der Waals surface area contributed by atoms with Gasteiger partial charge in [-0.3, -0.25) is 0 Å². The molecule has 2 nitrogen and oxygen atoms in total. The van der Waals surface area contributed by atoms with E-state index in [1.54, 1.807) is 24.3 Å². The van der Waals surface area contributed by atoms with Crippen molar-refractivity contribution < 1.29 is 10.2 Å². The number of benzene rings is 10. The van der Waals surface area contributed by atoms with Crippen LogP contribution in [-0.4, -0.2) is 10.2 Å². The van der Waals surface area contributed by atoms with E-state index in [2.05, 4.69) is 162 Å². The summed E-state index contributed by atoms with van der Waals surface area (Å²) < 4.78 is 0. The van der Waals surface area contributed by atoms with Gasteiger partial charge < -0.3 is 10.2 Å². The van der Waals surface area contributed by atoms with Crippen molar-refractivity contribution >= 4 is 32.3 Å². The van der Waals surface area contributed by atoms with Crippen molar-refractivity contribution in [2.24, 2.45) is 0 Å². The lowest BCUT2D eigenvalue weighted by Crippen LogP contribution is -2.28. The van der Waals surface area contributed by atoms with E-state index in [-0.39, 0.29) is 22.3 Å². The Balaban J connectivity index is 0.976. The molecule has 0 aromatic heterocycles. The number of phenols is 2. The van der Waals surface area contributed by atoms with E-state index in [0.29, 0.717) is 0 Å². The molecule has 0 fully saturated rings. The minimum atomic E-state index is -0.660. The summed E-state index contributed by atoms with van der Waals surface area (Å²) in [6, 6.07) is 63.7. The van der Waals surface area contributed by atoms with Gasteiger partial charge >= 0.3 is 0 Å². The van der Waals surface area contributed by atoms with E-state index in [1.165, 1.54) is 99.1 Å². The van der Waals surface area contributed by atoms with Crippen LogP contribution in [0.15, 0.2) is 176 Å². The Bertz CT molecular complexity index is 3410. The Morgan fingerprint density at radius 3 is 1.47 bits per heavy atom. The van der Waals surface area contributed by atoms with Crippen LogP contribution in [0.5, 0.6) is 11.5 Å². The first-order chi connectivity index (χ1) is 29.9. The molecule has 0 atom stereocenters. The zero-order valence-corrected chi connectivity index (χ0v) is 35.6. The molecule has 2 aliphatic carbocycles. The molecular formula is C60H46O2. The Labute approximate surface area is 362 Å². The van der Waals surface area contributed by atoms with E-state index in [4.69, 9.17) is 0 Å². The Morgan fingerprint density at radius 2 is 0.855 bits per heavy atom. The normalized spacial score (nSPS) is 14.6. The molecule has 0 aliphatic heterocycles. The molecular weight excluding hydrogens is 753 g/mol.